The summed E-state index contributed by atoms with van der Waals surface area (Å²) in [4.78, 5) is 13.4. The lowest BCUT2D eigenvalue weighted by molar-refractivity contribution is -0.119. The maximum Gasteiger partial charge on any atom is 0.255 e. The van der Waals surface area contributed by atoms with Gasteiger partial charge in [-0.3, -0.25) is 9.69 Å². The molecule has 0 aromatic heterocycles. The van der Waals surface area contributed by atoms with Crippen molar-refractivity contribution in [3.8, 4) is 11.5 Å². The molecule has 1 aliphatic rings. The molecule has 0 spiro atoms. The highest BCUT2D eigenvalue weighted by molar-refractivity contribution is 6.32. The summed E-state index contributed by atoms with van der Waals surface area (Å²) in [5.74, 6) is 0.311. The van der Waals surface area contributed by atoms with E-state index >= 15 is 0 Å². The SMILES string of the molecule is CCCN(Cc1cc(Cl)c(OCC(N)=O)c(OC)c1)C1CCNC1. The average Bonchev–Trinajstić information content (AvgIpc) is 3.07. The first kappa shape index (κ1) is 18.8. The number of methoxy groups -OCH3 is 1. The maximum absolute atomic E-state index is 10.9. The van der Waals surface area contributed by atoms with Gasteiger partial charge in [0.1, 0.15) is 0 Å². The molecule has 1 aromatic rings. The molecule has 6 nitrogen and oxygen atoms in total. The monoisotopic (exact) mass is 355 g/mol. The van der Waals surface area contributed by atoms with Crippen LogP contribution in [0.25, 0.3) is 0 Å². The molecule has 7 heteroatoms. The highest BCUT2D eigenvalue weighted by Crippen LogP contribution is 2.37. The van der Waals surface area contributed by atoms with Gasteiger partial charge in [-0.15, -0.1) is 0 Å². The number of primary amides is 1. The molecule has 0 radical (unpaired) electrons. The van der Waals surface area contributed by atoms with Gasteiger partial charge in [-0.2, -0.15) is 0 Å². The molecule has 134 valence electrons. The third-order valence-corrected chi connectivity index (χ3v) is 4.38. The zero-order valence-electron chi connectivity index (χ0n) is 14.3. The quantitative estimate of drug-likeness (QED) is 0.706. The molecule has 1 unspecified atom stereocenters. The highest BCUT2D eigenvalue weighted by Gasteiger charge is 2.22. The van der Waals surface area contributed by atoms with Crippen molar-refractivity contribution < 1.29 is 14.3 Å². The Morgan fingerprint density at radius 2 is 2.29 bits per heavy atom. The zero-order valence-corrected chi connectivity index (χ0v) is 15.1. The summed E-state index contributed by atoms with van der Waals surface area (Å²) >= 11 is 6.33. The predicted molar refractivity (Wildman–Crippen MR) is 94.7 cm³/mol. The molecular formula is C17H26ClN3O3. The van der Waals surface area contributed by atoms with Gasteiger partial charge in [0.15, 0.2) is 18.1 Å². The summed E-state index contributed by atoms with van der Waals surface area (Å²) < 4.78 is 10.7. The number of hydrogen-bond donors (Lipinski definition) is 2. The van der Waals surface area contributed by atoms with Crippen LogP contribution in [0, 0.1) is 0 Å². The van der Waals surface area contributed by atoms with Crippen LogP contribution in [0.2, 0.25) is 5.02 Å². The van der Waals surface area contributed by atoms with Crippen LogP contribution in [-0.4, -0.2) is 50.2 Å². The van der Waals surface area contributed by atoms with Gasteiger partial charge in [0.25, 0.3) is 5.91 Å². The van der Waals surface area contributed by atoms with Crippen LogP contribution in [-0.2, 0) is 11.3 Å². The number of nitrogens with zero attached hydrogens (tertiary/aromatic N) is 1. The molecule has 1 amide bonds. The minimum Gasteiger partial charge on any atom is -0.493 e. The number of rotatable bonds is 9. The van der Waals surface area contributed by atoms with E-state index < -0.39 is 5.91 Å². The van der Waals surface area contributed by atoms with E-state index in [4.69, 9.17) is 26.8 Å². The molecule has 0 bridgehead atoms. The third kappa shape index (κ3) is 5.00. The smallest absolute Gasteiger partial charge is 0.255 e. The van der Waals surface area contributed by atoms with E-state index in [-0.39, 0.29) is 6.61 Å². The largest absolute Gasteiger partial charge is 0.493 e. The summed E-state index contributed by atoms with van der Waals surface area (Å²) in [6.45, 7) is 5.87. The van der Waals surface area contributed by atoms with Gasteiger partial charge in [0.2, 0.25) is 0 Å². The number of amides is 1. The summed E-state index contributed by atoms with van der Waals surface area (Å²) in [5, 5.41) is 3.83. The molecule has 2 rings (SSSR count). The van der Waals surface area contributed by atoms with Crippen LogP contribution in [0.15, 0.2) is 12.1 Å². The van der Waals surface area contributed by atoms with E-state index in [1.165, 1.54) is 0 Å². The second-order valence-electron chi connectivity index (χ2n) is 5.98. The zero-order chi connectivity index (χ0) is 17.5. The first-order valence-electron chi connectivity index (χ1n) is 8.27. The lowest BCUT2D eigenvalue weighted by Crippen LogP contribution is -2.36. The van der Waals surface area contributed by atoms with E-state index in [9.17, 15) is 4.79 Å². The second kappa shape index (κ2) is 9.11. The normalized spacial score (nSPS) is 17.2. The first-order chi connectivity index (χ1) is 11.5. The summed E-state index contributed by atoms with van der Waals surface area (Å²) in [6, 6.07) is 4.32. The number of carbonyl (C=O) groups is 1. The summed E-state index contributed by atoms with van der Waals surface area (Å²) in [5.41, 5.74) is 6.18. The molecule has 3 N–H and O–H groups in total. The van der Waals surface area contributed by atoms with Gasteiger partial charge < -0.3 is 20.5 Å². The van der Waals surface area contributed by atoms with Crippen LogP contribution in [0.3, 0.4) is 0 Å². The maximum atomic E-state index is 10.9. The number of carbonyl (C=O) groups excluding carboxylic acids is 1. The van der Waals surface area contributed by atoms with Gasteiger partial charge in [0, 0.05) is 19.1 Å². The van der Waals surface area contributed by atoms with E-state index in [0.29, 0.717) is 22.6 Å². The van der Waals surface area contributed by atoms with Crippen molar-refractivity contribution in [1.82, 2.24) is 10.2 Å². The Kier molecular flexibility index (Phi) is 7.15. The molecule has 1 atom stereocenters. The van der Waals surface area contributed by atoms with Crippen LogP contribution in [0.4, 0.5) is 0 Å². The lowest BCUT2D eigenvalue weighted by Gasteiger charge is -2.28. The number of hydrogen-bond acceptors (Lipinski definition) is 5. The molecule has 1 fully saturated rings. The number of benzene rings is 1. The van der Waals surface area contributed by atoms with Crippen molar-refractivity contribution in [2.45, 2.75) is 32.4 Å². The standard InChI is InChI=1S/C17H26ClN3O3/c1-3-6-21(13-4-5-20-9-13)10-12-7-14(18)17(15(8-12)23-2)24-11-16(19)22/h7-8,13,20H,3-6,9-11H2,1-2H3,(H2,19,22). The van der Waals surface area contributed by atoms with E-state index in [2.05, 4.69) is 17.1 Å². The minimum atomic E-state index is -0.556. The van der Waals surface area contributed by atoms with Crippen molar-refractivity contribution in [2.75, 3.05) is 33.4 Å². The van der Waals surface area contributed by atoms with Crippen LogP contribution in [0.5, 0.6) is 11.5 Å². The number of ether oxygens (including phenoxy) is 2. The average molecular weight is 356 g/mol. The molecule has 0 aliphatic carbocycles. The Labute approximate surface area is 148 Å². The number of nitrogens with two attached hydrogens (primary N) is 1. The molecule has 1 aliphatic heterocycles. The number of halogens is 1. The number of nitrogens with one attached hydrogen (secondary N) is 1. The van der Waals surface area contributed by atoms with E-state index in [0.717, 1.165) is 44.6 Å². The summed E-state index contributed by atoms with van der Waals surface area (Å²) in [6.07, 6.45) is 2.26. The fourth-order valence-electron chi connectivity index (χ4n) is 3.01. The lowest BCUT2D eigenvalue weighted by atomic mass is 10.1. The van der Waals surface area contributed by atoms with Gasteiger partial charge in [-0.1, -0.05) is 18.5 Å². The van der Waals surface area contributed by atoms with Crippen molar-refractivity contribution in [3.05, 3.63) is 22.7 Å². The molecule has 0 saturated carbocycles. The van der Waals surface area contributed by atoms with Crippen LogP contribution < -0.4 is 20.5 Å². The van der Waals surface area contributed by atoms with Gasteiger partial charge in [-0.25, -0.2) is 0 Å². The Bertz CT molecular complexity index is 562. The highest BCUT2D eigenvalue weighted by atomic mass is 35.5. The fourth-order valence-corrected chi connectivity index (χ4v) is 3.30. The third-order valence-electron chi connectivity index (χ3n) is 4.10. The van der Waals surface area contributed by atoms with E-state index in [1.54, 1.807) is 7.11 Å². The van der Waals surface area contributed by atoms with E-state index in [1.807, 2.05) is 12.1 Å². The van der Waals surface area contributed by atoms with Crippen LogP contribution in [0.1, 0.15) is 25.3 Å². The van der Waals surface area contributed by atoms with Gasteiger partial charge in [0.05, 0.1) is 12.1 Å². The Morgan fingerprint density at radius 1 is 1.50 bits per heavy atom. The Balaban J connectivity index is 2.16. The predicted octanol–water partition coefficient (Wildman–Crippen LogP) is 1.79. The minimum absolute atomic E-state index is 0.231. The second-order valence-corrected chi connectivity index (χ2v) is 6.39. The van der Waals surface area contributed by atoms with Gasteiger partial charge >= 0.3 is 0 Å². The first-order valence-corrected chi connectivity index (χ1v) is 8.65. The van der Waals surface area contributed by atoms with Crippen molar-refractivity contribution in [2.24, 2.45) is 5.73 Å². The summed E-state index contributed by atoms with van der Waals surface area (Å²) in [7, 11) is 1.55. The van der Waals surface area contributed by atoms with Gasteiger partial charge in [-0.05, 0) is 43.6 Å². The topological polar surface area (TPSA) is 76.8 Å². The molecule has 24 heavy (non-hydrogen) atoms. The van der Waals surface area contributed by atoms with Crippen molar-refractivity contribution in [1.29, 1.82) is 0 Å². The van der Waals surface area contributed by atoms with Crippen molar-refractivity contribution >= 4 is 17.5 Å². The molecular weight excluding hydrogens is 330 g/mol. The Morgan fingerprint density at radius 3 is 2.88 bits per heavy atom. The molecule has 1 aromatic carbocycles. The Hall–Kier alpha value is -1.50. The molecule has 1 saturated heterocycles. The fraction of sp³-hybridized carbons (Fsp3) is 0.588. The molecule has 1 heterocycles. The van der Waals surface area contributed by atoms with Crippen molar-refractivity contribution in [3.63, 3.8) is 0 Å². The van der Waals surface area contributed by atoms with Crippen LogP contribution >= 0.6 is 11.6 Å².